The maximum Gasteiger partial charge on any atom is 0.355 e. The van der Waals surface area contributed by atoms with Crippen LogP contribution in [0.25, 0.3) is 0 Å². The fraction of sp³-hybridized carbons (Fsp3) is 0.348. The van der Waals surface area contributed by atoms with E-state index in [1.807, 2.05) is 48.5 Å². The van der Waals surface area contributed by atoms with Crippen molar-refractivity contribution in [2.75, 3.05) is 62.4 Å². The molecule has 0 spiro atoms. The number of hydrazone groups is 2. The molecule has 2 aliphatic rings. The van der Waals surface area contributed by atoms with Crippen LogP contribution in [0.5, 0.6) is 0 Å². The Hall–Kier alpha value is -3.43. The van der Waals surface area contributed by atoms with Crippen molar-refractivity contribution in [2.45, 2.75) is 0 Å². The van der Waals surface area contributed by atoms with Crippen molar-refractivity contribution in [3.63, 3.8) is 0 Å². The molecule has 0 aliphatic carbocycles. The molecule has 168 valence electrons. The van der Waals surface area contributed by atoms with E-state index in [9.17, 15) is 4.79 Å². The van der Waals surface area contributed by atoms with Crippen LogP contribution in [0.15, 0.2) is 58.7 Å². The average Bonchev–Trinajstić information content (AvgIpc) is 2.86. The van der Waals surface area contributed by atoms with Gasteiger partial charge in [-0.3, -0.25) is 0 Å². The van der Waals surface area contributed by atoms with Crippen molar-refractivity contribution >= 4 is 29.8 Å². The summed E-state index contributed by atoms with van der Waals surface area (Å²) < 4.78 is 10.8. The lowest BCUT2D eigenvalue weighted by molar-refractivity contribution is 0.122. The van der Waals surface area contributed by atoms with Crippen LogP contribution in [0.4, 0.5) is 16.2 Å². The van der Waals surface area contributed by atoms with Gasteiger partial charge in [0.2, 0.25) is 0 Å². The highest BCUT2D eigenvalue weighted by Crippen LogP contribution is 2.17. The molecule has 0 bridgehead atoms. The number of hydrogen-bond donors (Lipinski definition) is 2. The topological polar surface area (TPSA) is 90.8 Å². The molecule has 0 atom stereocenters. The summed E-state index contributed by atoms with van der Waals surface area (Å²) in [6, 6.07) is 15.5. The molecular formula is C23H28N6O3. The summed E-state index contributed by atoms with van der Waals surface area (Å²) in [6.45, 7) is 6.60. The molecule has 2 amide bonds. The van der Waals surface area contributed by atoms with E-state index in [1.54, 1.807) is 12.4 Å². The van der Waals surface area contributed by atoms with E-state index in [0.717, 1.165) is 75.1 Å². The second-order valence-corrected chi connectivity index (χ2v) is 7.45. The molecule has 2 aliphatic heterocycles. The summed E-state index contributed by atoms with van der Waals surface area (Å²) >= 11 is 0. The van der Waals surface area contributed by atoms with Gasteiger partial charge in [0.05, 0.1) is 38.9 Å². The summed E-state index contributed by atoms with van der Waals surface area (Å²) in [5.74, 6) is 0. The number of ether oxygens (including phenoxy) is 2. The molecule has 0 saturated carbocycles. The second-order valence-electron chi connectivity index (χ2n) is 7.45. The smallest absolute Gasteiger partial charge is 0.355 e. The Morgan fingerprint density at radius 2 is 1.06 bits per heavy atom. The molecule has 2 heterocycles. The molecule has 2 saturated heterocycles. The Bertz CT molecular complexity index is 842. The van der Waals surface area contributed by atoms with Crippen LogP contribution in [-0.2, 0) is 9.47 Å². The third-order valence-electron chi connectivity index (χ3n) is 5.30. The van der Waals surface area contributed by atoms with Crippen LogP contribution in [0.3, 0.4) is 0 Å². The molecule has 2 aromatic rings. The normalized spacial score (nSPS) is 17.1. The van der Waals surface area contributed by atoms with E-state index < -0.39 is 6.03 Å². The third kappa shape index (κ3) is 6.29. The number of urea groups is 1. The molecule has 32 heavy (non-hydrogen) atoms. The molecule has 0 unspecified atom stereocenters. The number of nitrogens with zero attached hydrogens (tertiary/aromatic N) is 4. The Labute approximate surface area is 187 Å². The highest BCUT2D eigenvalue weighted by Gasteiger charge is 2.11. The summed E-state index contributed by atoms with van der Waals surface area (Å²) in [4.78, 5) is 16.4. The minimum absolute atomic E-state index is 0.507. The van der Waals surface area contributed by atoms with Crippen molar-refractivity contribution in [3.05, 3.63) is 59.7 Å². The number of morpholine rings is 2. The number of carbonyl (C=O) groups excluding carboxylic acids is 1. The zero-order valence-electron chi connectivity index (χ0n) is 17.9. The number of rotatable bonds is 6. The first-order valence-corrected chi connectivity index (χ1v) is 10.8. The van der Waals surface area contributed by atoms with Gasteiger partial charge in [-0.2, -0.15) is 10.2 Å². The van der Waals surface area contributed by atoms with Crippen LogP contribution in [0.2, 0.25) is 0 Å². The predicted octanol–water partition coefficient (Wildman–Crippen LogP) is 2.03. The molecule has 0 radical (unpaired) electrons. The van der Waals surface area contributed by atoms with Crippen LogP contribution in [0.1, 0.15) is 11.1 Å². The van der Waals surface area contributed by atoms with E-state index >= 15 is 0 Å². The molecular weight excluding hydrogens is 408 g/mol. The Balaban J connectivity index is 1.20. The van der Waals surface area contributed by atoms with Crippen molar-refractivity contribution < 1.29 is 14.3 Å². The minimum Gasteiger partial charge on any atom is -0.378 e. The van der Waals surface area contributed by atoms with Crippen LogP contribution in [0, 0.1) is 0 Å². The fourth-order valence-corrected chi connectivity index (χ4v) is 3.54. The Kier molecular flexibility index (Phi) is 7.67. The van der Waals surface area contributed by atoms with Crippen LogP contribution < -0.4 is 20.7 Å². The van der Waals surface area contributed by atoms with E-state index in [1.165, 1.54) is 0 Å². The number of benzene rings is 2. The van der Waals surface area contributed by atoms with Crippen molar-refractivity contribution in [3.8, 4) is 0 Å². The van der Waals surface area contributed by atoms with Gasteiger partial charge in [-0.15, -0.1) is 0 Å². The Morgan fingerprint density at radius 3 is 1.44 bits per heavy atom. The Morgan fingerprint density at radius 1 is 0.688 bits per heavy atom. The second kappa shape index (κ2) is 11.3. The first-order valence-electron chi connectivity index (χ1n) is 10.8. The van der Waals surface area contributed by atoms with Crippen molar-refractivity contribution in [1.29, 1.82) is 0 Å². The zero-order chi connectivity index (χ0) is 22.0. The SMILES string of the molecule is O=C(N/N=C/c1ccc(N2CCOCC2)cc1)N/N=C/c1ccc(N2CCOCC2)cc1. The van der Waals surface area contributed by atoms with Crippen LogP contribution >= 0.6 is 0 Å². The average molecular weight is 437 g/mol. The summed E-state index contributed by atoms with van der Waals surface area (Å²) in [6.07, 6.45) is 3.19. The van der Waals surface area contributed by atoms with E-state index in [0.29, 0.717) is 0 Å². The van der Waals surface area contributed by atoms with Crippen molar-refractivity contribution in [2.24, 2.45) is 10.2 Å². The first-order chi connectivity index (χ1) is 15.8. The predicted molar refractivity (Wildman–Crippen MR) is 126 cm³/mol. The zero-order valence-corrected chi connectivity index (χ0v) is 17.9. The molecule has 2 aromatic carbocycles. The standard InChI is InChI=1S/C23H28N6O3/c30-23(26-24-17-19-1-5-21(6-2-19)28-9-13-31-14-10-28)27-25-18-20-3-7-22(8-4-20)29-11-15-32-16-12-29/h1-8,17-18H,9-16H2,(H2,26,27,30)/b24-17+,25-18+. The lowest BCUT2D eigenvalue weighted by atomic mass is 10.2. The number of nitrogens with one attached hydrogen (secondary N) is 2. The lowest BCUT2D eigenvalue weighted by Gasteiger charge is -2.28. The van der Waals surface area contributed by atoms with Gasteiger partial charge in [-0.25, -0.2) is 15.6 Å². The quantitative estimate of drug-likeness (QED) is 0.534. The van der Waals surface area contributed by atoms with Gasteiger partial charge >= 0.3 is 6.03 Å². The number of anilines is 2. The maximum absolute atomic E-state index is 11.9. The maximum atomic E-state index is 11.9. The summed E-state index contributed by atoms with van der Waals surface area (Å²) in [5, 5.41) is 7.92. The molecule has 2 fully saturated rings. The minimum atomic E-state index is -0.507. The van der Waals surface area contributed by atoms with Gasteiger partial charge in [-0.05, 0) is 35.4 Å². The van der Waals surface area contributed by atoms with Gasteiger partial charge in [0.25, 0.3) is 0 Å². The molecule has 9 nitrogen and oxygen atoms in total. The first kappa shape index (κ1) is 21.8. The van der Waals surface area contributed by atoms with E-state index in [2.05, 4.69) is 30.9 Å². The van der Waals surface area contributed by atoms with Gasteiger partial charge in [-0.1, -0.05) is 24.3 Å². The molecule has 2 N–H and O–H groups in total. The fourth-order valence-electron chi connectivity index (χ4n) is 3.54. The molecule has 4 rings (SSSR count). The number of amides is 2. The third-order valence-corrected chi connectivity index (χ3v) is 5.30. The van der Waals surface area contributed by atoms with Crippen LogP contribution in [-0.4, -0.2) is 71.1 Å². The molecule has 9 heteroatoms. The monoisotopic (exact) mass is 436 g/mol. The summed E-state index contributed by atoms with van der Waals surface area (Å²) in [7, 11) is 0. The van der Waals surface area contributed by atoms with Crippen molar-refractivity contribution in [1.82, 2.24) is 10.9 Å². The molecule has 0 aromatic heterocycles. The lowest BCUT2D eigenvalue weighted by Crippen LogP contribution is -2.36. The highest BCUT2D eigenvalue weighted by molar-refractivity contribution is 5.84. The summed E-state index contributed by atoms with van der Waals surface area (Å²) in [5.41, 5.74) is 8.92. The van der Waals surface area contributed by atoms with E-state index in [-0.39, 0.29) is 0 Å². The van der Waals surface area contributed by atoms with Gasteiger partial charge in [0.1, 0.15) is 0 Å². The number of carbonyl (C=O) groups is 1. The van der Waals surface area contributed by atoms with Gasteiger partial charge in [0.15, 0.2) is 0 Å². The largest absolute Gasteiger partial charge is 0.378 e. The number of hydrogen-bond acceptors (Lipinski definition) is 7. The van der Waals surface area contributed by atoms with Gasteiger partial charge in [0, 0.05) is 37.6 Å². The highest BCUT2D eigenvalue weighted by atomic mass is 16.5. The van der Waals surface area contributed by atoms with E-state index in [4.69, 9.17) is 9.47 Å². The van der Waals surface area contributed by atoms with Gasteiger partial charge < -0.3 is 19.3 Å².